The van der Waals surface area contributed by atoms with Crippen LogP contribution in [-0.2, 0) is 10.0 Å². The van der Waals surface area contributed by atoms with Crippen LogP contribution in [0.15, 0.2) is 51.8 Å². The second kappa shape index (κ2) is 9.07. The summed E-state index contributed by atoms with van der Waals surface area (Å²) in [5.41, 5.74) is 0.385. The Labute approximate surface area is 174 Å². The maximum absolute atomic E-state index is 12.5. The van der Waals surface area contributed by atoms with Gasteiger partial charge in [-0.05, 0) is 85.6 Å². The van der Waals surface area contributed by atoms with Gasteiger partial charge < -0.3 is 10.1 Å². The predicted octanol–water partition coefficient (Wildman–Crippen LogP) is 4.57. The molecule has 0 heterocycles. The van der Waals surface area contributed by atoms with E-state index in [1.165, 1.54) is 12.1 Å². The lowest BCUT2D eigenvalue weighted by atomic mass is 10.1. The van der Waals surface area contributed by atoms with Crippen LogP contribution in [0.4, 0.5) is 5.69 Å². The van der Waals surface area contributed by atoms with Crippen molar-refractivity contribution in [2.24, 2.45) is 0 Å². The topological polar surface area (TPSA) is 84.5 Å². The Morgan fingerprint density at radius 1 is 1.11 bits per heavy atom. The largest absolute Gasteiger partial charge is 0.492 e. The Morgan fingerprint density at radius 2 is 1.75 bits per heavy atom. The molecule has 0 unspecified atom stereocenters. The molecule has 28 heavy (non-hydrogen) atoms. The highest BCUT2D eigenvalue weighted by Gasteiger charge is 2.21. The molecule has 2 aromatic rings. The fraction of sp³-hybridized carbons (Fsp3) is 0.350. The molecule has 0 fully saturated rings. The summed E-state index contributed by atoms with van der Waals surface area (Å²) in [5, 5.41) is 2.76. The lowest BCUT2D eigenvalue weighted by molar-refractivity contribution is 0.102. The zero-order chi connectivity index (χ0) is 20.9. The first-order chi connectivity index (χ1) is 13.0. The molecule has 2 N–H and O–H groups in total. The number of anilines is 1. The average Bonchev–Trinajstić information content (AvgIpc) is 2.59. The van der Waals surface area contributed by atoms with Gasteiger partial charge in [0, 0.05) is 16.8 Å². The van der Waals surface area contributed by atoms with Crippen LogP contribution in [0.2, 0.25) is 0 Å². The van der Waals surface area contributed by atoms with Gasteiger partial charge in [-0.25, -0.2) is 13.1 Å². The van der Waals surface area contributed by atoms with Crippen LogP contribution in [-0.4, -0.2) is 26.5 Å². The number of carbonyl (C=O) groups excluding carboxylic acids is 1. The van der Waals surface area contributed by atoms with Gasteiger partial charge in [-0.1, -0.05) is 6.92 Å². The van der Waals surface area contributed by atoms with Gasteiger partial charge in [-0.2, -0.15) is 0 Å². The van der Waals surface area contributed by atoms with Gasteiger partial charge in [-0.15, -0.1) is 0 Å². The molecule has 152 valence electrons. The van der Waals surface area contributed by atoms with E-state index < -0.39 is 15.6 Å². The van der Waals surface area contributed by atoms with E-state index in [9.17, 15) is 13.2 Å². The van der Waals surface area contributed by atoms with E-state index in [4.69, 9.17) is 4.74 Å². The van der Waals surface area contributed by atoms with Crippen LogP contribution in [0.1, 0.15) is 44.5 Å². The van der Waals surface area contributed by atoms with E-state index in [2.05, 4.69) is 26.0 Å². The fourth-order valence-electron chi connectivity index (χ4n) is 2.35. The molecular formula is C20H25BrN2O4S. The van der Waals surface area contributed by atoms with Crippen molar-refractivity contribution < 1.29 is 17.9 Å². The molecule has 2 aromatic carbocycles. The second-order valence-electron chi connectivity index (χ2n) is 7.33. The molecule has 8 heteroatoms. The lowest BCUT2D eigenvalue weighted by Gasteiger charge is -2.20. The molecule has 0 spiro atoms. The Bertz CT molecular complexity index is 936. The molecular weight excluding hydrogens is 444 g/mol. The van der Waals surface area contributed by atoms with Crippen molar-refractivity contribution in [1.82, 2.24) is 4.72 Å². The molecule has 0 radical (unpaired) electrons. The highest BCUT2D eigenvalue weighted by molar-refractivity contribution is 9.10. The number of hydrogen-bond acceptors (Lipinski definition) is 4. The minimum atomic E-state index is -3.62. The minimum Gasteiger partial charge on any atom is -0.492 e. The smallest absolute Gasteiger partial charge is 0.255 e. The number of carbonyl (C=O) groups is 1. The van der Waals surface area contributed by atoms with E-state index in [-0.39, 0.29) is 10.8 Å². The van der Waals surface area contributed by atoms with Crippen molar-refractivity contribution in [3.8, 4) is 5.75 Å². The van der Waals surface area contributed by atoms with E-state index in [1.54, 1.807) is 51.1 Å². The molecule has 2 rings (SSSR count). The average molecular weight is 469 g/mol. The molecule has 0 aliphatic heterocycles. The molecule has 0 atom stereocenters. The van der Waals surface area contributed by atoms with Gasteiger partial charge in [0.1, 0.15) is 5.75 Å². The van der Waals surface area contributed by atoms with Crippen molar-refractivity contribution in [3.05, 3.63) is 52.5 Å². The quantitative estimate of drug-likeness (QED) is 0.623. The molecule has 0 bridgehead atoms. The van der Waals surface area contributed by atoms with Crippen LogP contribution in [0.3, 0.4) is 0 Å². The number of halogens is 1. The molecule has 0 aliphatic carbocycles. The van der Waals surface area contributed by atoms with Gasteiger partial charge in [0.05, 0.1) is 16.0 Å². The van der Waals surface area contributed by atoms with Crippen LogP contribution >= 0.6 is 15.9 Å². The number of benzene rings is 2. The van der Waals surface area contributed by atoms with Gasteiger partial charge >= 0.3 is 0 Å². The monoisotopic (exact) mass is 468 g/mol. The van der Waals surface area contributed by atoms with Gasteiger partial charge in [0.15, 0.2) is 0 Å². The van der Waals surface area contributed by atoms with Gasteiger partial charge in [0.25, 0.3) is 5.91 Å². The second-order valence-corrected chi connectivity index (χ2v) is 9.86. The number of rotatable bonds is 7. The van der Waals surface area contributed by atoms with Gasteiger partial charge in [0.2, 0.25) is 10.0 Å². The summed E-state index contributed by atoms with van der Waals surface area (Å²) in [7, 11) is -3.62. The summed E-state index contributed by atoms with van der Waals surface area (Å²) in [4.78, 5) is 12.6. The van der Waals surface area contributed by atoms with Crippen LogP contribution in [0, 0.1) is 0 Å². The third kappa shape index (κ3) is 6.32. The van der Waals surface area contributed by atoms with Gasteiger partial charge in [-0.3, -0.25) is 4.79 Å². The van der Waals surface area contributed by atoms with Crippen molar-refractivity contribution in [3.63, 3.8) is 0 Å². The molecule has 6 nitrogen and oxygen atoms in total. The van der Waals surface area contributed by atoms with Crippen molar-refractivity contribution >= 4 is 37.5 Å². The molecule has 1 amide bonds. The number of hydrogen-bond donors (Lipinski definition) is 2. The summed E-state index contributed by atoms with van der Waals surface area (Å²) >= 11 is 3.41. The zero-order valence-electron chi connectivity index (χ0n) is 16.4. The fourth-order valence-corrected chi connectivity index (χ4v) is 4.27. The SMILES string of the molecule is CCCOc1ccc(C(=O)Nc2ccc(S(=O)(=O)NC(C)(C)C)cc2)cc1Br. The summed E-state index contributed by atoms with van der Waals surface area (Å²) < 4.78 is 33.5. The summed E-state index contributed by atoms with van der Waals surface area (Å²) in [6.45, 7) is 7.94. The standard InChI is InChI=1S/C20H25BrN2O4S/c1-5-12-27-18-11-6-14(13-17(18)21)19(24)22-15-7-9-16(10-8-15)28(25,26)23-20(2,3)4/h6-11,13,23H,5,12H2,1-4H3,(H,22,24). The van der Waals surface area contributed by atoms with E-state index in [1.807, 2.05) is 6.92 Å². The van der Waals surface area contributed by atoms with Crippen LogP contribution in [0.25, 0.3) is 0 Å². The summed E-state index contributed by atoms with van der Waals surface area (Å²) in [5.74, 6) is 0.380. The Balaban J connectivity index is 2.10. The summed E-state index contributed by atoms with van der Waals surface area (Å²) in [6, 6.07) is 11.1. The van der Waals surface area contributed by atoms with Crippen LogP contribution in [0.5, 0.6) is 5.75 Å². The predicted molar refractivity (Wildman–Crippen MR) is 114 cm³/mol. The molecule has 0 aliphatic rings. The van der Waals surface area contributed by atoms with Crippen molar-refractivity contribution in [2.75, 3.05) is 11.9 Å². The molecule has 0 aromatic heterocycles. The number of amides is 1. The van der Waals surface area contributed by atoms with Crippen LogP contribution < -0.4 is 14.8 Å². The maximum atomic E-state index is 12.5. The van der Waals surface area contributed by atoms with E-state index in [0.717, 1.165) is 6.42 Å². The first kappa shape index (κ1) is 22.4. The minimum absolute atomic E-state index is 0.139. The zero-order valence-corrected chi connectivity index (χ0v) is 18.8. The highest BCUT2D eigenvalue weighted by Crippen LogP contribution is 2.26. The third-order valence-corrected chi connectivity index (χ3v) is 5.91. The van der Waals surface area contributed by atoms with Crippen molar-refractivity contribution in [2.45, 2.75) is 44.6 Å². The Morgan fingerprint density at radius 3 is 2.29 bits per heavy atom. The number of nitrogens with one attached hydrogen (secondary N) is 2. The lowest BCUT2D eigenvalue weighted by Crippen LogP contribution is -2.40. The normalized spacial score (nSPS) is 11.9. The Hall–Kier alpha value is -1.90. The van der Waals surface area contributed by atoms with E-state index in [0.29, 0.717) is 28.1 Å². The highest BCUT2D eigenvalue weighted by atomic mass is 79.9. The third-order valence-electron chi connectivity index (χ3n) is 3.52. The molecule has 0 saturated heterocycles. The van der Waals surface area contributed by atoms with E-state index >= 15 is 0 Å². The maximum Gasteiger partial charge on any atom is 0.255 e. The first-order valence-electron chi connectivity index (χ1n) is 8.89. The number of ether oxygens (including phenoxy) is 1. The summed E-state index contributed by atoms with van der Waals surface area (Å²) in [6.07, 6.45) is 0.895. The molecule has 0 saturated carbocycles. The number of sulfonamides is 1. The first-order valence-corrected chi connectivity index (χ1v) is 11.2. The Kier molecular flexibility index (Phi) is 7.25. The van der Waals surface area contributed by atoms with Crippen molar-refractivity contribution in [1.29, 1.82) is 0 Å².